The van der Waals surface area contributed by atoms with Crippen molar-refractivity contribution in [2.24, 2.45) is 11.8 Å². The van der Waals surface area contributed by atoms with E-state index in [9.17, 15) is 9.18 Å². The molecule has 0 amide bonds. The van der Waals surface area contributed by atoms with Gasteiger partial charge in [0, 0.05) is 46.5 Å². The summed E-state index contributed by atoms with van der Waals surface area (Å²) in [6.07, 6.45) is 7.60. The number of carbonyl (C=O) groups is 1. The second-order valence-electron chi connectivity index (χ2n) is 9.43. The molecule has 1 aromatic rings. The third-order valence-corrected chi connectivity index (χ3v) is 9.53. The topological polar surface area (TPSA) is 38.8 Å². The van der Waals surface area contributed by atoms with Crippen LogP contribution < -0.4 is 0 Å². The lowest BCUT2D eigenvalue weighted by molar-refractivity contribution is -0.144. The SMILES string of the molecule is Cc1cccc(C)c1SC[C@H]1C(F)C(I)C[C@@H]1C/C=C\CCCC(=O)OCCN1CCOCC1. The minimum absolute atomic E-state index is 0.0944. The molecule has 0 radical (unpaired) electrons. The van der Waals surface area contributed by atoms with E-state index in [2.05, 4.69) is 71.7 Å². The fraction of sp³-hybridized carbons (Fsp3) is 0.667. The van der Waals surface area contributed by atoms with Crippen LogP contribution in [0.2, 0.25) is 0 Å². The van der Waals surface area contributed by atoms with Gasteiger partial charge in [-0.2, -0.15) is 0 Å². The quantitative estimate of drug-likeness (QED) is 0.0715. The molecule has 1 aromatic carbocycles. The average Bonchev–Trinajstić information content (AvgIpc) is 3.09. The zero-order valence-electron chi connectivity index (χ0n) is 20.5. The number of hydrogen-bond donors (Lipinski definition) is 0. The van der Waals surface area contributed by atoms with Gasteiger partial charge >= 0.3 is 5.97 Å². The van der Waals surface area contributed by atoms with Crippen molar-refractivity contribution in [2.45, 2.75) is 60.9 Å². The molecule has 0 aromatic heterocycles. The Morgan fingerprint density at radius 1 is 1.26 bits per heavy atom. The summed E-state index contributed by atoms with van der Waals surface area (Å²) < 4.78 is 25.8. The van der Waals surface area contributed by atoms with Crippen molar-refractivity contribution >= 4 is 40.3 Å². The largest absolute Gasteiger partial charge is 0.464 e. The summed E-state index contributed by atoms with van der Waals surface area (Å²) >= 11 is 4.11. The first kappa shape index (κ1) is 27.9. The molecular formula is C27H39FINO3S. The van der Waals surface area contributed by atoms with Crippen molar-refractivity contribution in [1.29, 1.82) is 0 Å². The molecule has 2 fully saturated rings. The van der Waals surface area contributed by atoms with Gasteiger partial charge < -0.3 is 9.47 Å². The summed E-state index contributed by atoms with van der Waals surface area (Å²) in [7, 11) is 0. The Labute approximate surface area is 222 Å². The van der Waals surface area contributed by atoms with Gasteiger partial charge in [0.05, 0.1) is 13.2 Å². The van der Waals surface area contributed by atoms with Crippen molar-refractivity contribution in [3.8, 4) is 0 Å². The average molecular weight is 604 g/mol. The monoisotopic (exact) mass is 603 g/mol. The molecule has 2 unspecified atom stereocenters. The van der Waals surface area contributed by atoms with E-state index < -0.39 is 6.17 Å². The van der Waals surface area contributed by atoms with Crippen LogP contribution in [-0.4, -0.2) is 66.2 Å². The number of halogens is 2. The Hall–Kier alpha value is -0.640. The first-order valence-corrected chi connectivity index (χ1v) is 14.8. The molecule has 1 saturated carbocycles. The maximum atomic E-state index is 15.0. The van der Waals surface area contributed by atoms with Crippen molar-refractivity contribution in [1.82, 2.24) is 4.90 Å². The lowest BCUT2D eigenvalue weighted by atomic mass is 9.93. The fourth-order valence-corrected chi connectivity index (χ4v) is 7.36. The third kappa shape index (κ3) is 8.79. The molecule has 3 rings (SSSR count). The Bertz CT molecular complexity index is 782. The highest BCUT2D eigenvalue weighted by atomic mass is 127. The van der Waals surface area contributed by atoms with Gasteiger partial charge in [-0.1, -0.05) is 52.9 Å². The van der Waals surface area contributed by atoms with E-state index in [-0.39, 0.29) is 15.8 Å². The molecule has 0 bridgehead atoms. The maximum Gasteiger partial charge on any atom is 0.305 e. The van der Waals surface area contributed by atoms with Crippen LogP contribution in [0.3, 0.4) is 0 Å². The number of aryl methyl sites for hydroxylation is 2. The molecule has 190 valence electrons. The molecule has 1 aliphatic carbocycles. The Morgan fingerprint density at radius 3 is 2.74 bits per heavy atom. The van der Waals surface area contributed by atoms with Crippen molar-refractivity contribution < 1.29 is 18.7 Å². The second-order valence-corrected chi connectivity index (χ2v) is 12.1. The van der Waals surface area contributed by atoms with Gasteiger partial charge in [0.1, 0.15) is 12.8 Å². The number of ether oxygens (including phenoxy) is 2. The highest BCUT2D eigenvalue weighted by Gasteiger charge is 2.41. The number of unbranched alkanes of at least 4 members (excludes halogenated alkanes) is 1. The fourth-order valence-electron chi connectivity index (χ4n) is 4.77. The minimum Gasteiger partial charge on any atom is -0.464 e. The van der Waals surface area contributed by atoms with Crippen LogP contribution in [0.4, 0.5) is 4.39 Å². The molecule has 4 atom stereocenters. The van der Waals surface area contributed by atoms with E-state index in [4.69, 9.17) is 9.47 Å². The van der Waals surface area contributed by atoms with Crippen LogP contribution in [0, 0.1) is 25.7 Å². The maximum absolute atomic E-state index is 15.0. The standard InChI is InChI=1S/C27H39FINO3S/c1-20-8-7-9-21(2)27(20)34-19-23-22(18-24(29)26(23)28)10-5-3-4-6-11-25(31)33-17-14-30-12-15-32-16-13-30/h3,5,7-9,22-24,26H,4,6,10-19H2,1-2H3/b5-3-/t22-,23+,24?,26?/m0/s1. The summed E-state index contributed by atoms with van der Waals surface area (Å²) in [5.74, 6) is 1.20. The number of benzene rings is 1. The molecule has 34 heavy (non-hydrogen) atoms. The predicted octanol–water partition coefficient (Wildman–Crippen LogP) is 6.17. The molecule has 0 spiro atoms. The molecule has 0 N–H and O–H groups in total. The van der Waals surface area contributed by atoms with Crippen LogP contribution in [0.15, 0.2) is 35.2 Å². The highest BCUT2D eigenvalue weighted by molar-refractivity contribution is 14.1. The zero-order valence-corrected chi connectivity index (χ0v) is 23.5. The van der Waals surface area contributed by atoms with E-state index in [1.807, 2.05) is 11.8 Å². The predicted molar refractivity (Wildman–Crippen MR) is 147 cm³/mol. The van der Waals surface area contributed by atoms with Gasteiger partial charge in [-0.15, -0.1) is 11.8 Å². The number of esters is 1. The van der Waals surface area contributed by atoms with Gasteiger partial charge in [0.25, 0.3) is 0 Å². The van der Waals surface area contributed by atoms with E-state index in [0.717, 1.165) is 64.3 Å². The molecule has 1 heterocycles. The van der Waals surface area contributed by atoms with Crippen LogP contribution in [0.5, 0.6) is 0 Å². The second kappa shape index (κ2) is 14.8. The van der Waals surface area contributed by atoms with Crippen molar-refractivity contribution in [2.75, 3.05) is 45.2 Å². The number of nitrogens with zero attached hydrogens (tertiary/aromatic N) is 1. The van der Waals surface area contributed by atoms with Crippen LogP contribution >= 0.6 is 34.4 Å². The number of carbonyl (C=O) groups excluding carboxylic acids is 1. The van der Waals surface area contributed by atoms with E-state index in [0.29, 0.717) is 18.9 Å². The lowest BCUT2D eigenvalue weighted by Gasteiger charge is -2.26. The summed E-state index contributed by atoms with van der Waals surface area (Å²) in [6.45, 7) is 8.86. The number of morpholine rings is 1. The molecule has 1 aliphatic heterocycles. The number of thioether (sulfide) groups is 1. The summed E-state index contributed by atoms with van der Waals surface area (Å²) in [4.78, 5) is 15.5. The highest BCUT2D eigenvalue weighted by Crippen LogP contribution is 2.44. The first-order chi connectivity index (χ1) is 16.5. The smallest absolute Gasteiger partial charge is 0.305 e. The number of alkyl halides is 2. The van der Waals surface area contributed by atoms with Crippen molar-refractivity contribution in [3.63, 3.8) is 0 Å². The third-order valence-electron chi connectivity index (χ3n) is 6.85. The Kier molecular flexibility index (Phi) is 12.2. The normalized spacial score (nSPS) is 25.8. The van der Waals surface area contributed by atoms with Crippen LogP contribution in [-0.2, 0) is 14.3 Å². The van der Waals surface area contributed by atoms with Gasteiger partial charge in [0.15, 0.2) is 0 Å². The lowest BCUT2D eigenvalue weighted by Crippen LogP contribution is -2.38. The van der Waals surface area contributed by atoms with Gasteiger partial charge in [-0.25, -0.2) is 4.39 Å². The van der Waals surface area contributed by atoms with Crippen LogP contribution in [0.25, 0.3) is 0 Å². The zero-order chi connectivity index (χ0) is 24.3. The minimum atomic E-state index is -0.733. The van der Waals surface area contributed by atoms with E-state index in [1.165, 1.54) is 16.0 Å². The number of allylic oxidation sites excluding steroid dienone is 2. The molecule has 2 aliphatic rings. The molecule has 1 saturated heterocycles. The van der Waals surface area contributed by atoms with Crippen LogP contribution in [0.1, 0.15) is 43.2 Å². The molecule has 4 nitrogen and oxygen atoms in total. The number of hydrogen-bond acceptors (Lipinski definition) is 5. The van der Waals surface area contributed by atoms with E-state index in [1.54, 1.807) is 0 Å². The van der Waals surface area contributed by atoms with Gasteiger partial charge in [-0.3, -0.25) is 9.69 Å². The van der Waals surface area contributed by atoms with Crippen molar-refractivity contribution in [3.05, 3.63) is 41.5 Å². The summed E-state index contributed by atoms with van der Waals surface area (Å²) in [5, 5.41) is 0. The first-order valence-electron chi connectivity index (χ1n) is 12.5. The molecule has 7 heteroatoms. The Balaban J connectivity index is 1.33. The molecular weight excluding hydrogens is 564 g/mol. The van der Waals surface area contributed by atoms with Gasteiger partial charge in [-0.05, 0) is 56.6 Å². The van der Waals surface area contributed by atoms with Gasteiger partial charge in [0.2, 0.25) is 0 Å². The summed E-state index contributed by atoms with van der Waals surface area (Å²) in [6, 6.07) is 6.36. The summed E-state index contributed by atoms with van der Waals surface area (Å²) in [5.41, 5.74) is 2.56. The Morgan fingerprint density at radius 2 is 2.00 bits per heavy atom. The van der Waals surface area contributed by atoms with E-state index >= 15 is 0 Å². The number of rotatable bonds is 12.